The van der Waals surface area contributed by atoms with E-state index in [0.717, 1.165) is 31.4 Å². The van der Waals surface area contributed by atoms with Gasteiger partial charge in [0.2, 0.25) is 5.95 Å². The average molecular weight is 207 g/mol. The highest BCUT2D eigenvalue weighted by Gasteiger charge is 2.30. The van der Waals surface area contributed by atoms with Crippen LogP contribution < -0.4 is 5.32 Å². The second kappa shape index (κ2) is 4.14. The summed E-state index contributed by atoms with van der Waals surface area (Å²) < 4.78 is 0. The number of aryl methyl sites for hydroxylation is 1. The highest BCUT2D eigenvalue weighted by Crippen LogP contribution is 2.29. The molecule has 1 aromatic heterocycles. The molecular formula is C11H17N3O. The molecular weight excluding hydrogens is 190 g/mol. The molecule has 15 heavy (non-hydrogen) atoms. The van der Waals surface area contributed by atoms with Gasteiger partial charge in [0, 0.05) is 18.4 Å². The number of anilines is 1. The van der Waals surface area contributed by atoms with Gasteiger partial charge in [-0.3, -0.25) is 0 Å². The van der Waals surface area contributed by atoms with Crippen LogP contribution in [0.4, 0.5) is 5.95 Å². The summed E-state index contributed by atoms with van der Waals surface area (Å²) >= 11 is 0. The molecule has 1 heterocycles. The Morgan fingerprint density at radius 2 is 2.20 bits per heavy atom. The van der Waals surface area contributed by atoms with Gasteiger partial charge in [-0.2, -0.15) is 0 Å². The highest BCUT2D eigenvalue weighted by molar-refractivity contribution is 5.25. The van der Waals surface area contributed by atoms with E-state index >= 15 is 0 Å². The summed E-state index contributed by atoms with van der Waals surface area (Å²) in [7, 11) is 0. The minimum absolute atomic E-state index is 0.549. The van der Waals surface area contributed by atoms with Crippen LogP contribution in [0.15, 0.2) is 12.3 Å². The van der Waals surface area contributed by atoms with Gasteiger partial charge in [0.25, 0.3) is 0 Å². The van der Waals surface area contributed by atoms with Crippen molar-refractivity contribution in [2.75, 3.05) is 11.9 Å². The molecule has 0 aromatic carbocycles. The van der Waals surface area contributed by atoms with Crippen molar-refractivity contribution in [3.8, 4) is 0 Å². The molecule has 1 aromatic rings. The average Bonchev–Trinajstić information content (AvgIpc) is 2.63. The summed E-state index contributed by atoms with van der Waals surface area (Å²) in [5.41, 5.74) is 0.388. The number of rotatable bonds is 3. The lowest BCUT2D eigenvalue weighted by Crippen LogP contribution is -2.33. The lowest BCUT2D eigenvalue weighted by molar-refractivity contribution is 0.0613. The summed E-state index contributed by atoms with van der Waals surface area (Å²) in [4.78, 5) is 8.33. The van der Waals surface area contributed by atoms with Crippen LogP contribution in [0.3, 0.4) is 0 Å². The molecule has 4 nitrogen and oxygen atoms in total. The van der Waals surface area contributed by atoms with Gasteiger partial charge < -0.3 is 10.4 Å². The monoisotopic (exact) mass is 207 g/mol. The van der Waals surface area contributed by atoms with Crippen molar-refractivity contribution < 1.29 is 5.11 Å². The van der Waals surface area contributed by atoms with Crippen molar-refractivity contribution in [2.24, 2.45) is 0 Å². The third-order valence-electron chi connectivity index (χ3n) is 2.90. The molecule has 0 atom stereocenters. The van der Waals surface area contributed by atoms with E-state index in [0.29, 0.717) is 12.5 Å². The molecule has 1 saturated carbocycles. The van der Waals surface area contributed by atoms with Crippen LogP contribution in [-0.4, -0.2) is 27.2 Å². The Bertz CT molecular complexity index is 334. The van der Waals surface area contributed by atoms with E-state index in [1.54, 1.807) is 6.20 Å². The third-order valence-corrected chi connectivity index (χ3v) is 2.90. The second-order valence-electron chi connectivity index (χ2n) is 4.31. The summed E-state index contributed by atoms with van der Waals surface area (Å²) in [5, 5.41) is 13.2. The molecule has 0 spiro atoms. The predicted octanol–water partition coefficient (Wildman–Crippen LogP) is 1.50. The molecule has 1 fully saturated rings. The predicted molar refractivity (Wildman–Crippen MR) is 58.7 cm³/mol. The molecule has 0 unspecified atom stereocenters. The third kappa shape index (κ3) is 2.65. The Morgan fingerprint density at radius 1 is 1.47 bits per heavy atom. The molecule has 4 heteroatoms. The van der Waals surface area contributed by atoms with E-state index in [-0.39, 0.29) is 0 Å². The van der Waals surface area contributed by atoms with Crippen LogP contribution >= 0.6 is 0 Å². The van der Waals surface area contributed by atoms with Gasteiger partial charge in [-0.15, -0.1) is 0 Å². The number of hydrogen-bond donors (Lipinski definition) is 2. The van der Waals surface area contributed by atoms with E-state index < -0.39 is 5.60 Å². The Labute approximate surface area is 89.8 Å². The van der Waals surface area contributed by atoms with Crippen molar-refractivity contribution in [3.05, 3.63) is 18.0 Å². The number of aliphatic hydroxyl groups is 1. The zero-order valence-electron chi connectivity index (χ0n) is 9.03. The summed E-state index contributed by atoms with van der Waals surface area (Å²) in [5.74, 6) is 0.607. The first-order valence-electron chi connectivity index (χ1n) is 5.44. The van der Waals surface area contributed by atoms with Crippen molar-refractivity contribution >= 4 is 5.95 Å². The topological polar surface area (TPSA) is 58.0 Å². The second-order valence-corrected chi connectivity index (χ2v) is 4.31. The van der Waals surface area contributed by atoms with Crippen LogP contribution in [0.2, 0.25) is 0 Å². The SMILES string of the molecule is Cc1ccnc(NCC2(O)CCCC2)n1. The quantitative estimate of drug-likeness (QED) is 0.788. The largest absolute Gasteiger partial charge is 0.388 e. The van der Waals surface area contributed by atoms with E-state index in [2.05, 4.69) is 15.3 Å². The Balaban J connectivity index is 1.92. The van der Waals surface area contributed by atoms with Crippen LogP contribution in [-0.2, 0) is 0 Å². The lowest BCUT2D eigenvalue weighted by Gasteiger charge is -2.22. The van der Waals surface area contributed by atoms with Gasteiger partial charge in [0.1, 0.15) is 0 Å². The molecule has 0 radical (unpaired) electrons. The molecule has 1 aliphatic rings. The first kappa shape index (κ1) is 10.4. The van der Waals surface area contributed by atoms with E-state index in [9.17, 15) is 5.11 Å². The van der Waals surface area contributed by atoms with Crippen LogP contribution in [0.1, 0.15) is 31.4 Å². The number of aromatic nitrogens is 2. The van der Waals surface area contributed by atoms with Gasteiger partial charge in [-0.1, -0.05) is 12.8 Å². The van der Waals surface area contributed by atoms with Crippen molar-refractivity contribution in [2.45, 2.75) is 38.2 Å². The van der Waals surface area contributed by atoms with E-state index in [1.165, 1.54) is 0 Å². The molecule has 1 aliphatic carbocycles. The van der Waals surface area contributed by atoms with Gasteiger partial charge in [-0.05, 0) is 25.8 Å². The molecule has 2 rings (SSSR count). The molecule has 0 saturated heterocycles. The maximum absolute atomic E-state index is 10.1. The minimum atomic E-state index is -0.549. The maximum atomic E-state index is 10.1. The molecule has 0 aliphatic heterocycles. The van der Waals surface area contributed by atoms with Crippen molar-refractivity contribution in [1.82, 2.24) is 9.97 Å². The number of nitrogens with one attached hydrogen (secondary N) is 1. The minimum Gasteiger partial charge on any atom is -0.388 e. The smallest absolute Gasteiger partial charge is 0.222 e. The van der Waals surface area contributed by atoms with Gasteiger partial charge >= 0.3 is 0 Å². The Kier molecular flexibility index (Phi) is 2.86. The van der Waals surface area contributed by atoms with Crippen LogP contribution in [0, 0.1) is 6.92 Å². The molecule has 2 N–H and O–H groups in total. The number of hydrogen-bond acceptors (Lipinski definition) is 4. The highest BCUT2D eigenvalue weighted by atomic mass is 16.3. The fourth-order valence-corrected chi connectivity index (χ4v) is 1.99. The van der Waals surface area contributed by atoms with Crippen molar-refractivity contribution in [3.63, 3.8) is 0 Å². The first-order valence-corrected chi connectivity index (χ1v) is 5.44. The summed E-state index contributed by atoms with van der Waals surface area (Å²) in [6.07, 6.45) is 5.72. The van der Waals surface area contributed by atoms with Crippen LogP contribution in [0.25, 0.3) is 0 Å². The summed E-state index contributed by atoms with van der Waals surface area (Å²) in [6.45, 7) is 2.48. The fraction of sp³-hybridized carbons (Fsp3) is 0.636. The standard InChI is InChI=1S/C11H17N3O/c1-9-4-7-12-10(14-9)13-8-11(15)5-2-3-6-11/h4,7,15H,2-3,5-6,8H2,1H3,(H,12,13,14). The number of nitrogens with zero attached hydrogens (tertiary/aromatic N) is 2. The summed E-state index contributed by atoms with van der Waals surface area (Å²) in [6, 6.07) is 1.86. The van der Waals surface area contributed by atoms with Crippen molar-refractivity contribution in [1.29, 1.82) is 0 Å². The van der Waals surface area contributed by atoms with Gasteiger partial charge in [0.05, 0.1) is 5.60 Å². The lowest BCUT2D eigenvalue weighted by atomic mass is 10.0. The molecule has 0 amide bonds. The van der Waals surface area contributed by atoms with Crippen LogP contribution in [0.5, 0.6) is 0 Å². The van der Waals surface area contributed by atoms with E-state index in [4.69, 9.17) is 0 Å². The Morgan fingerprint density at radius 3 is 2.87 bits per heavy atom. The zero-order valence-corrected chi connectivity index (χ0v) is 9.03. The fourth-order valence-electron chi connectivity index (χ4n) is 1.99. The van der Waals surface area contributed by atoms with Gasteiger partial charge in [0.15, 0.2) is 0 Å². The normalized spacial score (nSPS) is 19.1. The van der Waals surface area contributed by atoms with E-state index in [1.807, 2.05) is 13.0 Å². The Hall–Kier alpha value is -1.16. The molecule has 0 bridgehead atoms. The maximum Gasteiger partial charge on any atom is 0.222 e. The van der Waals surface area contributed by atoms with Gasteiger partial charge in [-0.25, -0.2) is 9.97 Å². The first-order chi connectivity index (χ1) is 7.18. The molecule has 82 valence electrons. The zero-order chi connectivity index (χ0) is 10.7.